The van der Waals surface area contributed by atoms with E-state index in [0.717, 1.165) is 28.5 Å². The van der Waals surface area contributed by atoms with Gasteiger partial charge in [0.25, 0.3) is 0 Å². The molecule has 0 spiro atoms. The van der Waals surface area contributed by atoms with Crippen molar-refractivity contribution in [2.75, 3.05) is 5.32 Å². The Kier molecular flexibility index (Phi) is 5.06. The van der Waals surface area contributed by atoms with E-state index in [1.165, 1.54) is 31.0 Å². The Balaban J connectivity index is 1.81. The second-order valence-corrected chi connectivity index (χ2v) is 7.96. The number of amidine groups is 1. The molecule has 0 unspecified atom stereocenters. The minimum atomic E-state index is -0.417. The molecule has 1 aliphatic rings. The molecule has 0 amide bonds. The number of nitrogens with one attached hydrogen (secondary N) is 1. The smallest absolute Gasteiger partial charge is 0.135 e. The van der Waals surface area contributed by atoms with Gasteiger partial charge in [0, 0.05) is 22.8 Å². The van der Waals surface area contributed by atoms with Gasteiger partial charge in [0.1, 0.15) is 11.7 Å². The van der Waals surface area contributed by atoms with E-state index in [1.807, 2.05) is 12.3 Å². The van der Waals surface area contributed by atoms with Gasteiger partial charge in [-0.05, 0) is 47.0 Å². The van der Waals surface area contributed by atoms with Crippen LogP contribution in [-0.2, 0) is 0 Å². The van der Waals surface area contributed by atoms with Gasteiger partial charge in [-0.15, -0.1) is 0 Å². The SMILES string of the molecule is N/C(=N\c1cc(F)ccc1Cl)c1cnn2cc(Br)cc2c1NC1CCCC1. The third-order valence-electron chi connectivity index (χ3n) is 4.73. The van der Waals surface area contributed by atoms with Crippen LogP contribution in [0.5, 0.6) is 0 Å². The first-order valence-corrected chi connectivity index (χ1v) is 9.91. The van der Waals surface area contributed by atoms with Crippen molar-refractivity contribution in [1.29, 1.82) is 0 Å². The Hall–Kier alpha value is -2.12. The van der Waals surface area contributed by atoms with Crippen molar-refractivity contribution >= 4 is 50.3 Å². The van der Waals surface area contributed by atoms with Crippen LogP contribution in [0.4, 0.5) is 15.8 Å². The molecule has 0 atom stereocenters. The fourth-order valence-electron chi connectivity index (χ4n) is 3.41. The van der Waals surface area contributed by atoms with Gasteiger partial charge in [-0.25, -0.2) is 13.9 Å². The first kappa shape index (κ1) is 18.3. The van der Waals surface area contributed by atoms with Gasteiger partial charge in [0.2, 0.25) is 0 Å². The number of aliphatic imine (C=N–C) groups is 1. The lowest BCUT2D eigenvalue weighted by atomic mass is 10.1. The molecule has 4 rings (SSSR count). The molecule has 1 aliphatic carbocycles. The van der Waals surface area contributed by atoms with Crippen LogP contribution in [0.3, 0.4) is 0 Å². The van der Waals surface area contributed by atoms with Crippen molar-refractivity contribution in [3.63, 3.8) is 0 Å². The number of hydrogen-bond acceptors (Lipinski definition) is 3. The molecule has 1 fully saturated rings. The Bertz CT molecular complexity index is 1030. The highest BCUT2D eigenvalue weighted by Gasteiger charge is 2.20. The molecule has 27 heavy (non-hydrogen) atoms. The van der Waals surface area contributed by atoms with E-state index in [1.54, 1.807) is 10.7 Å². The second kappa shape index (κ2) is 7.48. The van der Waals surface area contributed by atoms with E-state index in [2.05, 4.69) is 31.3 Å². The van der Waals surface area contributed by atoms with E-state index < -0.39 is 5.82 Å². The van der Waals surface area contributed by atoms with Crippen LogP contribution in [0.1, 0.15) is 31.2 Å². The van der Waals surface area contributed by atoms with Crippen molar-refractivity contribution in [2.24, 2.45) is 10.7 Å². The number of benzene rings is 1. The van der Waals surface area contributed by atoms with Gasteiger partial charge in [-0.2, -0.15) is 5.10 Å². The van der Waals surface area contributed by atoms with Crippen LogP contribution in [0.25, 0.3) is 5.52 Å². The predicted octanol–water partition coefficient (Wildman–Crippen LogP) is 5.28. The minimum absolute atomic E-state index is 0.232. The highest BCUT2D eigenvalue weighted by atomic mass is 79.9. The topological polar surface area (TPSA) is 67.7 Å². The summed E-state index contributed by atoms with van der Waals surface area (Å²) in [4.78, 5) is 4.36. The molecule has 3 aromatic rings. The maximum absolute atomic E-state index is 13.6. The lowest BCUT2D eigenvalue weighted by Crippen LogP contribution is -2.22. The molecular formula is C19H18BrClFN5. The summed E-state index contributed by atoms with van der Waals surface area (Å²) in [6.45, 7) is 0. The highest BCUT2D eigenvalue weighted by molar-refractivity contribution is 9.10. The van der Waals surface area contributed by atoms with E-state index in [4.69, 9.17) is 17.3 Å². The number of aromatic nitrogens is 2. The number of halogens is 3. The summed E-state index contributed by atoms with van der Waals surface area (Å²) in [6, 6.07) is 6.38. The van der Waals surface area contributed by atoms with Crippen LogP contribution in [0.2, 0.25) is 5.02 Å². The van der Waals surface area contributed by atoms with Crippen molar-refractivity contribution in [2.45, 2.75) is 31.7 Å². The molecule has 0 radical (unpaired) electrons. The molecule has 140 valence electrons. The molecule has 1 saturated carbocycles. The largest absolute Gasteiger partial charge is 0.383 e. The van der Waals surface area contributed by atoms with Gasteiger partial charge in [0.05, 0.1) is 33.7 Å². The molecule has 2 aromatic heterocycles. The third kappa shape index (κ3) is 3.80. The lowest BCUT2D eigenvalue weighted by molar-refractivity contribution is 0.628. The summed E-state index contributed by atoms with van der Waals surface area (Å²) in [7, 11) is 0. The zero-order valence-corrected chi connectivity index (χ0v) is 16.8. The van der Waals surface area contributed by atoms with E-state index in [9.17, 15) is 4.39 Å². The normalized spacial score (nSPS) is 15.6. The predicted molar refractivity (Wildman–Crippen MR) is 111 cm³/mol. The molecular weight excluding hydrogens is 433 g/mol. The Labute approximate surface area is 169 Å². The second-order valence-electron chi connectivity index (χ2n) is 6.64. The maximum atomic E-state index is 13.6. The fourth-order valence-corrected chi connectivity index (χ4v) is 3.98. The van der Waals surface area contributed by atoms with E-state index in [-0.39, 0.29) is 11.5 Å². The van der Waals surface area contributed by atoms with Gasteiger partial charge < -0.3 is 11.1 Å². The Morgan fingerprint density at radius 3 is 2.89 bits per heavy atom. The molecule has 0 saturated heterocycles. The number of hydrogen-bond donors (Lipinski definition) is 2. The summed E-state index contributed by atoms with van der Waals surface area (Å²) < 4.78 is 16.3. The number of anilines is 1. The Morgan fingerprint density at radius 2 is 2.11 bits per heavy atom. The van der Waals surface area contributed by atoms with E-state index in [0.29, 0.717) is 16.6 Å². The van der Waals surface area contributed by atoms with E-state index >= 15 is 0 Å². The van der Waals surface area contributed by atoms with Gasteiger partial charge in [-0.3, -0.25) is 0 Å². The number of rotatable bonds is 4. The van der Waals surface area contributed by atoms with Crippen LogP contribution in [-0.4, -0.2) is 21.5 Å². The van der Waals surface area contributed by atoms with Crippen molar-refractivity contribution < 1.29 is 4.39 Å². The maximum Gasteiger partial charge on any atom is 0.135 e. The molecule has 1 aromatic carbocycles. The third-order valence-corrected chi connectivity index (χ3v) is 5.49. The first-order valence-electron chi connectivity index (χ1n) is 8.74. The monoisotopic (exact) mass is 449 g/mol. The van der Waals surface area contributed by atoms with Crippen LogP contribution in [0, 0.1) is 5.82 Å². The molecule has 2 heterocycles. The number of fused-ring (bicyclic) bond motifs is 1. The molecule has 8 heteroatoms. The van der Waals surface area contributed by atoms with Crippen LogP contribution < -0.4 is 11.1 Å². The zero-order valence-electron chi connectivity index (χ0n) is 14.4. The standard InChI is InChI=1S/C19H18BrClFN5/c20-11-7-17-18(25-13-3-1-2-4-13)14(9-24-27(17)10-11)19(23)26-16-8-12(22)5-6-15(16)21/h5-10,13,25H,1-4H2,(H2,23,26). The minimum Gasteiger partial charge on any atom is -0.383 e. The summed E-state index contributed by atoms with van der Waals surface area (Å²) in [5, 5.41) is 8.36. The van der Waals surface area contributed by atoms with Gasteiger partial charge in [-0.1, -0.05) is 24.4 Å². The molecule has 0 bridgehead atoms. The van der Waals surface area contributed by atoms with Gasteiger partial charge >= 0.3 is 0 Å². The summed E-state index contributed by atoms with van der Waals surface area (Å²) in [6.07, 6.45) is 8.20. The highest BCUT2D eigenvalue weighted by Crippen LogP contribution is 2.31. The van der Waals surface area contributed by atoms with Crippen molar-refractivity contribution in [3.05, 3.63) is 57.5 Å². The number of nitrogens with two attached hydrogens (primary N) is 1. The average Bonchev–Trinajstić information content (AvgIpc) is 3.27. The lowest BCUT2D eigenvalue weighted by Gasteiger charge is -2.18. The van der Waals surface area contributed by atoms with Crippen LogP contribution >= 0.6 is 27.5 Å². The fraction of sp³-hybridized carbons (Fsp3) is 0.263. The quantitative estimate of drug-likeness (QED) is 0.420. The molecule has 3 N–H and O–H groups in total. The summed E-state index contributed by atoms with van der Waals surface area (Å²) in [5.74, 6) is -0.185. The van der Waals surface area contributed by atoms with Crippen molar-refractivity contribution in [1.82, 2.24) is 9.61 Å². The summed E-state index contributed by atoms with van der Waals surface area (Å²) in [5.41, 5.74) is 9.01. The summed E-state index contributed by atoms with van der Waals surface area (Å²) >= 11 is 9.63. The van der Waals surface area contributed by atoms with Crippen LogP contribution in [0.15, 0.2) is 46.1 Å². The first-order chi connectivity index (χ1) is 13.0. The van der Waals surface area contributed by atoms with Gasteiger partial charge in [0.15, 0.2) is 0 Å². The zero-order chi connectivity index (χ0) is 19.0. The molecule has 5 nitrogen and oxygen atoms in total. The number of nitrogens with zero attached hydrogens (tertiary/aromatic N) is 3. The molecule has 0 aliphatic heterocycles. The van der Waals surface area contributed by atoms with Crippen molar-refractivity contribution in [3.8, 4) is 0 Å². The Morgan fingerprint density at radius 1 is 1.33 bits per heavy atom. The average molecular weight is 451 g/mol.